The highest BCUT2D eigenvalue weighted by molar-refractivity contribution is 9.10. The van der Waals surface area contributed by atoms with E-state index >= 15 is 0 Å². The van der Waals surface area contributed by atoms with E-state index in [-0.39, 0.29) is 12.0 Å². The number of hydrogen-bond donors (Lipinski definition) is 2. The summed E-state index contributed by atoms with van der Waals surface area (Å²) >= 11 is 3.37. The highest BCUT2D eigenvalue weighted by Gasteiger charge is 2.29. The topological polar surface area (TPSA) is 67.2 Å². The molecule has 3 rings (SSSR count). The zero-order valence-electron chi connectivity index (χ0n) is 10.7. The van der Waals surface area contributed by atoms with Crippen LogP contribution >= 0.6 is 15.9 Å². The molecule has 5 nitrogen and oxygen atoms in total. The molecule has 2 N–H and O–H groups in total. The molecule has 2 heterocycles. The third-order valence-electron chi connectivity index (χ3n) is 3.59. The van der Waals surface area contributed by atoms with Crippen LogP contribution in [0.2, 0.25) is 0 Å². The monoisotopic (exact) mass is 335 g/mol. The van der Waals surface area contributed by atoms with Crippen molar-refractivity contribution in [2.24, 2.45) is 5.92 Å². The van der Waals surface area contributed by atoms with E-state index in [2.05, 4.69) is 26.3 Å². The quantitative estimate of drug-likeness (QED) is 0.903. The van der Waals surface area contributed by atoms with E-state index in [1.54, 1.807) is 10.9 Å². The van der Waals surface area contributed by atoms with Crippen LogP contribution in [-0.4, -0.2) is 27.4 Å². The van der Waals surface area contributed by atoms with Gasteiger partial charge in [-0.3, -0.25) is 4.79 Å². The third-order valence-corrected chi connectivity index (χ3v) is 4.00. The van der Waals surface area contributed by atoms with Gasteiger partial charge in [0.1, 0.15) is 0 Å². The van der Waals surface area contributed by atoms with Crippen LogP contribution < -0.4 is 5.32 Å². The number of nitrogens with zero attached hydrogens (tertiary/aromatic N) is 2. The molecular formula is C14H14BrN3O2. The Morgan fingerprint density at radius 1 is 1.40 bits per heavy atom. The molecular weight excluding hydrogens is 322 g/mol. The number of carboxylic acid groups (broad SMARTS) is 1. The molecule has 1 aliphatic heterocycles. The van der Waals surface area contributed by atoms with E-state index in [0.29, 0.717) is 13.0 Å². The van der Waals surface area contributed by atoms with Gasteiger partial charge in [0.2, 0.25) is 0 Å². The molecule has 1 fully saturated rings. The Hall–Kier alpha value is -1.66. The van der Waals surface area contributed by atoms with E-state index in [4.69, 9.17) is 5.11 Å². The predicted octanol–water partition coefficient (Wildman–Crippen LogP) is 2.37. The number of benzene rings is 1. The number of carboxylic acids is 1. The Balaban J connectivity index is 1.75. The summed E-state index contributed by atoms with van der Waals surface area (Å²) in [5.74, 6) is -1.01. The first-order valence-electron chi connectivity index (χ1n) is 6.40. The molecule has 1 aliphatic rings. The molecule has 0 radical (unpaired) electrons. The van der Waals surface area contributed by atoms with Gasteiger partial charge >= 0.3 is 5.97 Å². The summed E-state index contributed by atoms with van der Waals surface area (Å²) in [6.07, 6.45) is 4.27. The van der Waals surface area contributed by atoms with Gasteiger partial charge in [0, 0.05) is 18.8 Å². The molecule has 2 atom stereocenters. The second-order valence-electron chi connectivity index (χ2n) is 4.93. The summed E-state index contributed by atoms with van der Waals surface area (Å²) < 4.78 is 2.72. The van der Waals surface area contributed by atoms with Gasteiger partial charge in [-0.1, -0.05) is 12.1 Å². The summed E-state index contributed by atoms with van der Waals surface area (Å²) in [4.78, 5) is 11.0. The second-order valence-corrected chi connectivity index (χ2v) is 5.84. The van der Waals surface area contributed by atoms with Crippen molar-refractivity contribution in [3.63, 3.8) is 0 Å². The highest BCUT2D eigenvalue weighted by atomic mass is 79.9. The predicted molar refractivity (Wildman–Crippen MR) is 77.8 cm³/mol. The van der Waals surface area contributed by atoms with Crippen molar-refractivity contribution in [2.75, 3.05) is 6.54 Å². The molecule has 0 bridgehead atoms. The van der Waals surface area contributed by atoms with Crippen LogP contribution in [0.4, 0.5) is 0 Å². The number of halogens is 1. The second kappa shape index (κ2) is 5.38. The summed E-state index contributed by atoms with van der Waals surface area (Å²) in [6, 6.07) is 8.14. The Morgan fingerprint density at radius 2 is 2.15 bits per heavy atom. The molecule has 0 aliphatic carbocycles. The zero-order valence-corrected chi connectivity index (χ0v) is 12.2. The molecule has 2 aromatic rings. The van der Waals surface area contributed by atoms with Crippen molar-refractivity contribution in [3.05, 3.63) is 46.7 Å². The minimum absolute atomic E-state index is 0.120. The SMILES string of the molecule is O=C(O)C1CNC(c2ccc(-n3cc(Br)cn3)cc2)C1. The van der Waals surface area contributed by atoms with Gasteiger partial charge in [-0.25, -0.2) is 4.68 Å². The minimum atomic E-state index is -0.724. The summed E-state index contributed by atoms with van der Waals surface area (Å²) in [7, 11) is 0. The maximum absolute atomic E-state index is 11.0. The number of aliphatic carboxylic acids is 1. The lowest BCUT2D eigenvalue weighted by Gasteiger charge is -2.11. The lowest BCUT2D eigenvalue weighted by Crippen LogP contribution is -2.17. The zero-order chi connectivity index (χ0) is 14.1. The van der Waals surface area contributed by atoms with Crippen molar-refractivity contribution < 1.29 is 9.90 Å². The van der Waals surface area contributed by atoms with Gasteiger partial charge in [-0.2, -0.15) is 5.10 Å². The van der Waals surface area contributed by atoms with Crippen LogP contribution in [0, 0.1) is 5.92 Å². The maximum atomic E-state index is 11.0. The summed E-state index contributed by atoms with van der Waals surface area (Å²) in [6.45, 7) is 0.536. The smallest absolute Gasteiger partial charge is 0.307 e. The highest BCUT2D eigenvalue weighted by Crippen LogP contribution is 2.27. The van der Waals surface area contributed by atoms with E-state index in [1.807, 2.05) is 30.5 Å². The fourth-order valence-corrected chi connectivity index (χ4v) is 2.76. The van der Waals surface area contributed by atoms with E-state index in [1.165, 1.54) is 0 Å². The minimum Gasteiger partial charge on any atom is -0.481 e. The van der Waals surface area contributed by atoms with Gasteiger partial charge in [-0.05, 0) is 40.0 Å². The van der Waals surface area contributed by atoms with Gasteiger partial charge in [0.25, 0.3) is 0 Å². The van der Waals surface area contributed by atoms with Crippen LogP contribution in [0.3, 0.4) is 0 Å². The number of nitrogens with one attached hydrogen (secondary N) is 1. The van der Waals surface area contributed by atoms with Crippen molar-refractivity contribution in [2.45, 2.75) is 12.5 Å². The molecule has 0 amide bonds. The van der Waals surface area contributed by atoms with E-state index < -0.39 is 5.97 Å². The largest absolute Gasteiger partial charge is 0.481 e. The molecule has 1 aromatic heterocycles. The maximum Gasteiger partial charge on any atom is 0.307 e. The van der Waals surface area contributed by atoms with Crippen LogP contribution in [0.5, 0.6) is 0 Å². The van der Waals surface area contributed by atoms with Crippen molar-refractivity contribution in [3.8, 4) is 5.69 Å². The van der Waals surface area contributed by atoms with Crippen molar-refractivity contribution >= 4 is 21.9 Å². The Bertz CT molecular complexity index is 624. The van der Waals surface area contributed by atoms with E-state index in [9.17, 15) is 4.79 Å². The molecule has 0 spiro atoms. The molecule has 1 saturated heterocycles. The molecule has 0 saturated carbocycles. The Kier molecular flexibility index (Phi) is 3.58. The molecule has 1 aromatic carbocycles. The number of rotatable bonds is 3. The lowest BCUT2D eigenvalue weighted by molar-refractivity contribution is -0.141. The summed E-state index contributed by atoms with van der Waals surface area (Å²) in [5, 5.41) is 16.5. The molecule has 2 unspecified atom stereocenters. The number of hydrogen-bond acceptors (Lipinski definition) is 3. The fraction of sp³-hybridized carbons (Fsp3) is 0.286. The lowest BCUT2D eigenvalue weighted by atomic mass is 10.00. The average molecular weight is 336 g/mol. The molecule has 20 heavy (non-hydrogen) atoms. The Labute approximate surface area is 124 Å². The van der Waals surface area contributed by atoms with Gasteiger partial charge in [-0.15, -0.1) is 0 Å². The molecule has 6 heteroatoms. The van der Waals surface area contributed by atoms with Gasteiger partial charge in [0.05, 0.1) is 22.3 Å². The fourth-order valence-electron chi connectivity index (χ4n) is 2.48. The number of aromatic nitrogens is 2. The summed E-state index contributed by atoms with van der Waals surface area (Å²) in [5.41, 5.74) is 2.09. The van der Waals surface area contributed by atoms with E-state index in [0.717, 1.165) is 15.7 Å². The van der Waals surface area contributed by atoms with Gasteiger partial charge in [0.15, 0.2) is 0 Å². The number of carbonyl (C=O) groups is 1. The Morgan fingerprint density at radius 3 is 2.70 bits per heavy atom. The standard InChI is InChI=1S/C14H14BrN3O2/c15-11-7-17-18(8-11)12-3-1-9(2-4-12)13-5-10(6-16-13)14(19)20/h1-4,7-8,10,13,16H,5-6H2,(H,19,20). The molecule has 104 valence electrons. The normalized spacial score (nSPS) is 22.1. The van der Waals surface area contributed by atoms with Crippen molar-refractivity contribution in [1.29, 1.82) is 0 Å². The third kappa shape index (κ3) is 2.62. The average Bonchev–Trinajstić information content (AvgIpc) is 3.08. The first-order chi connectivity index (χ1) is 9.63. The van der Waals surface area contributed by atoms with Crippen LogP contribution in [0.15, 0.2) is 41.1 Å². The van der Waals surface area contributed by atoms with Crippen LogP contribution in [0.1, 0.15) is 18.0 Å². The van der Waals surface area contributed by atoms with Crippen molar-refractivity contribution in [1.82, 2.24) is 15.1 Å². The van der Waals surface area contributed by atoms with Crippen LogP contribution in [0.25, 0.3) is 5.69 Å². The van der Waals surface area contributed by atoms with Gasteiger partial charge < -0.3 is 10.4 Å². The first kappa shape index (κ1) is 13.3. The first-order valence-corrected chi connectivity index (χ1v) is 7.19. The van der Waals surface area contributed by atoms with Crippen LogP contribution in [-0.2, 0) is 4.79 Å².